The van der Waals surface area contributed by atoms with Gasteiger partial charge in [-0.15, -0.1) is 11.3 Å². The largest absolute Gasteiger partial charge is 0.479 e. The van der Waals surface area contributed by atoms with E-state index in [1.807, 2.05) is 12.1 Å². The van der Waals surface area contributed by atoms with Crippen LogP contribution in [0, 0.1) is 5.82 Å². The molecule has 1 aliphatic rings. The van der Waals surface area contributed by atoms with Crippen molar-refractivity contribution in [1.82, 2.24) is 0 Å². The van der Waals surface area contributed by atoms with Crippen LogP contribution in [0.15, 0.2) is 60.7 Å². The zero-order valence-electron chi connectivity index (χ0n) is 15.4. The van der Waals surface area contributed by atoms with E-state index in [9.17, 15) is 14.0 Å². The standard InChI is InChI=1S/C22H17FN2O3S/c1-13-22(27)25-18-12-16(6-9-19(18)28-13)24-21(26)11-8-17-7-10-20(29-17)14-2-4-15(23)5-3-14/h2-13H,1H3,(H,24,26)(H,25,27)/b11-8+. The number of amides is 2. The number of carbonyl (C=O) groups is 2. The molecule has 2 amide bonds. The van der Waals surface area contributed by atoms with E-state index in [0.29, 0.717) is 17.1 Å². The monoisotopic (exact) mass is 408 g/mol. The van der Waals surface area contributed by atoms with Gasteiger partial charge in [-0.3, -0.25) is 9.59 Å². The number of fused-ring (bicyclic) bond motifs is 1. The lowest BCUT2D eigenvalue weighted by Crippen LogP contribution is -2.34. The fourth-order valence-corrected chi connectivity index (χ4v) is 3.76. The van der Waals surface area contributed by atoms with E-state index in [-0.39, 0.29) is 17.6 Å². The summed E-state index contributed by atoms with van der Waals surface area (Å²) < 4.78 is 18.5. The number of carbonyl (C=O) groups excluding carboxylic acids is 2. The Kier molecular flexibility index (Phi) is 5.14. The van der Waals surface area contributed by atoms with Crippen molar-refractivity contribution in [3.63, 3.8) is 0 Å². The molecular weight excluding hydrogens is 391 g/mol. The van der Waals surface area contributed by atoms with Crippen molar-refractivity contribution in [3.8, 4) is 16.2 Å². The third-order valence-electron chi connectivity index (χ3n) is 4.33. The minimum absolute atomic E-state index is 0.226. The number of anilines is 2. The molecule has 29 heavy (non-hydrogen) atoms. The number of benzene rings is 2. The molecule has 1 aliphatic heterocycles. The van der Waals surface area contributed by atoms with Crippen LogP contribution in [0.25, 0.3) is 16.5 Å². The first-order chi connectivity index (χ1) is 14.0. The van der Waals surface area contributed by atoms with Gasteiger partial charge >= 0.3 is 0 Å². The normalized spacial score (nSPS) is 15.5. The second-order valence-corrected chi connectivity index (χ2v) is 7.61. The number of thiophene rings is 1. The molecule has 7 heteroatoms. The van der Waals surface area contributed by atoms with Crippen LogP contribution in [-0.2, 0) is 9.59 Å². The van der Waals surface area contributed by atoms with Crippen LogP contribution in [0.4, 0.5) is 15.8 Å². The highest BCUT2D eigenvalue weighted by Crippen LogP contribution is 2.32. The van der Waals surface area contributed by atoms with Gasteiger partial charge in [0, 0.05) is 21.5 Å². The molecule has 0 radical (unpaired) electrons. The molecule has 5 nitrogen and oxygen atoms in total. The van der Waals surface area contributed by atoms with Crippen molar-refractivity contribution in [2.45, 2.75) is 13.0 Å². The Morgan fingerprint density at radius 3 is 2.76 bits per heavy atom. The van der Waals surface area contributed by atoms with E-state index in [2.05, 4.69) is 10.6 Å². The van der Waals surface area contributed by atoms with Gasteiger partial charge in [0.1, 0.15) is 11.6 Å². The van der Waals surface area contributed by atoms with Gasteiger partial charge in [-0.1, -0.05) is 12.1 Å². The van der Waals surface area contributed by atoms with E-state index in [1.54, 1.807) is 43.3 Å². The third kappa shape index (κ3) is 4.35. The van der Waals surface area contributed by atoms with Crippen LogP contribution >= 0.6 is 11.3 Å². The Labute approximate surface area is 170 Å². The van der Waals surface area contributed by atoms with Crippen LogP contribution in [0.1, 0.15) is 11.8 Å². The van der Waals surface area contributed by atoms with Gasteiger partial charge in [-0.05, 0) is 61.0 Å². The maximum absolute atomic E-state index is 13.0. The zero-order valence-corrected chi connectivity index (χ0v) is 16.3. The van der Waals surface area contributed by atoms with Crippen molar-refractivity contribution < 1.29 is 18.7 Å². The summed E-state index contributed by atoms with van der Waals surface area (Å²) in [5.74, 6) is -0.226. The van der Waals surface area contributed by atoms with Gasteiger partial charge in [0.15, 0.2) is 6.10 Å². The maximum atomic E-state index is 13.0. The molecule has 146 valence electrons. The van der Waals surface area contributed by atoms with Crippen molar-refractivity contribution >= 4 is 40.6 Å². The van der Waals surface area contributed by atoms with Gasteiger partial charge in [0.05, 0.1) is 5.69 Å². The summed E-state index contributed by atoms with van der Waals surface area (Å²) in [5, 5.41) is 5.51. The summed E-state index contributed by atoms with van der Waals surface area (Å²) in [6.07, 6.45) is 2.62. The summed E-state index contributed by atoms with van der Waals surface area (Å²) in [4.78, 5) is 25.8. The molecule has 2 aromatic carbocycles. The third-order valence-corrected chi connectivity index (χ3v) is 5.43. The van der Waals surface area contributed by atoms with E-state index >= 15 is 0 Å². The summed E-state index contributed by atoms with van der Waals surface area (Å²) >= 11 is 1.51. The maximum Gasteiger partial charge on any atom is 0.265 e. The predicted octanol–water partition coefficient (Wildman–Crippen LogP) is 4.93. The Bertz CT molecular complexity index is 1110. The van der Waals surface area contributed by atoms with Crippen LogP contribution in [0.2, 0.25) is 0 Å². The summed E-state index contributed by atoms with van der Waals surface area (Å²) in [5.41, 5.74) is 2.00. The number of halogens is 1. The SMILES string of the molecule is CC1Oc2ccc(NC(=O)/C=C/c3ccc(-c4ccc(F)cc4)s3)cc2NC1=O. The molecule has 4 rings (SSSR count). The van der Waals surface area contributed by atoms with Gasteiger partial charge < -0.3 is 15.4 Å². The average molecular weight is 408 g/mol. The number of hydrogen-bond acceptors (Lipinski definition) is 4. The van der Waals surface area contributed by atoms with E-state index in [4.69, 9.17) is 4.74 Å². The lowest BCUT2D eigenvalue weighted by atomic mass is 10.2. The Morgan fingerprint density at radius 1 is 1.17 bits per heavy atom. The molecule has 0 fully saturated rings. The lowest BCUT2D eigenvalue weighted by Gasteiger charge is -2.23. The summed E-state index contributed by atoms with van der Waals surface area (Å²) in [6, 6.07) is 15.2. The van der Waals surface area contributed by atoms with Crippen molar-refractivity contribution in [2.75, 3.05) is 10.6 Å². The van der Waals surface area contributed by atoms with Crippen LogP contribution in [-0.4, -0.2) is 17.9 Å². The lowest BCUT2D eigenvalue weighted by molar-refractivity contribution is -0.122. The molecule has 2 N–H and O–H groups in total. The van der Waals surface area contributed by atoms with Crippen molar-refractivity contribution in [1.29, 1.82) is 0 Å². The first kappa shape index (κ1) is 18.9. The van der Waals surface area contributed by atoms with E-state index < -0.39 is 6.10 Å². The number of rotatable bonds is 4. The minimum atomic E-state index is -0.545. The summed E-state index contributed by atoms with van der Waals surface area (Å²) in [7, 11) is 0. The quantitative estimate of drug-likeness (QED) is 0.602. The molecule has 0 bridgehead atoms. The highest BCUT2D eigenvalue weighted by molar-refractivity contribution is 7.16. The highest BCUT2D eigenvalue weighted by Gasteiger charge is 2.23. The molecule has 3 aromatic rings. The molecule has 0 aliphatic carbocycles. The second-order valence-electron chi connectivity index (χ2n) is 6.49. The molecule has 1 atom stereocenters. The Hall–Kier alpha value is -3.45. The molecule has 0 saturated heterocycles. The van der Waals surface area contributed by atoms with Crippen LogP contribution in [0.5, 0.6) is 5.75 Å². The van der Waals surface area contributed by atoms with Gasteiger partial charge in [-0.2, -0.15) is 0 Å². The highest BCUT2D eigenvalue weighted by atomic mass is 32.1. The van der Waals surface area contributed by atoms with E-state index in [1.165, 1.54) is 29.5 Å². The van der Waals surface area contributed by atoms with Crippen LogP contribution < -0.4 is 15.4 Å². The Morgan fingerprint density at radius 2 is 1.97 bits per heavy atom. The summed E-state index contributed by atoms with van der Waals surface area (Å²) in [6.45, 7) is 1.67. The van der Waals surface area contributed by atoms with Crippen molar-refractivity contribution in [3.05, 3.63) is 71.4 Å². The number of nitrogens with one attached hydrogen (secondary N) is 2. The molecule has 0 saturated carbocycles. The van der Waals surface area contributed by atoms with Crippen LogP contribution in [0.3, 0.4) is 0 Å². The zero-order chi connectivity index (χ0) is 20.4. The average Bonchev–Trinajstić information content (AvgIpc) is 3.17. The predicted molar refractivity (Wildman–Crippen MR) is 113 cm³/mol. The molecule has 1 aromatic heterocycles. The van der Waals surface area contributed by atoms with Gasteiger partial charge in [0.25, 0.3) is 5.91 Å². The fourth-order valence-electron chi connectivity index (χ4n) is 2.84. The van der Waals surface area contributed by atoms with Gasteiger partial charge in [0.2, 0.25) is 5.91 Å². The molecule has 1 unspecified atom stereocenters. The first-order valence-electron chi connectivity index (χ1n) is 8.94. The smallest absolute Gasteiger partial charge is 0.265 e. The second kappa shape index (κ2) is 7.89. The van der Waals surface area contributed by atoms with Crippen molar-refractivity contribution in [2.24, 2.45) is 0 Å². The van der Waals surface area contributed by atoms with Gasteiger partial charge in [-0.25, -0.2) is 4.39 Å². The topological polar surface area (TPSA) is 67.4 Å². The number of ether oxygens (including phenoxy) is 1. The van der Waals surface area contributed by atoms with E-state index in [0.717, 1.165) is 15.3 Å². The molecule has 2 heterocycles. The molecule has 0 spiro atoms. The minimum Gasteiger partial charge on any atom is -0.479 e. The first-order valence-corrected chi connectivity index (χ1v) is 9.76. The Balaban J connectivity index is 1.41. The number of hydrogen-bond donors (Lipinski definition) is 2. The fraction of sp³-hybridized carbons (Fsp3) is 0.0909. The molecular formula is C22H17FN2O3S.